The predicted molar refractivity (Wildman–Crippen MR) is 65.4 cm³/mol. The van der Waals surface area contributed by atoms with Crippen LogP contribution >= 0.6 is 0 Å². The molecule has 108 valence electrons. The second kappa shape index (κ2) is 6.83. The summed E-state index contributed by atoms with van der Waals surface area (Å²) in [6, 6.07) is 9.81. The van der Waals surface area contributed by atoms with Crippen LogP contribution in [0.5, 0.6) is 5.88 Å². The Balaban J connectivity index is 0.000000347. The quantitative estimate of drug-likeness (QED) is 0.483. The molecule has 9 heteroatoms. The van der Waals surface area contributed by atoms with E-state index in [0.717, 1.165) is 5.56 Å². The number of hydrogen-bond acceptors (Lipinski definition) is 3. The maximum atomic E-state index is 9.75. The number of methoxy groups -OCH3 is 1. The Morgan fingerprint density at radius 2 is 1.65 bits per heavy atom. The first-order chi connectivity index (χ1) is 9.29. The molecule has 0 amide bonds. The zero-order valence-corrected chi connectivity index (χ0v) is 10.8. The van der Waals surface area contributed by atoms with Gasteiger partial charge in [0.05, 0.1) is 7.11 Å². The smallest absolute Gasteiger partial charge is 0.477 e. The molecule has 1 aromatic carbocycles. The van der Waals surface area contributed by atoms with Crippen molar-refractivity contribution >= 4 is 7.25 Å². The molecule has 0 bridgehead atoms. The van der Waals surface area contributed by atoms with Gasteiger partial charge in [-0.25, -0.2) is 0 Å². The number of nitrogens with zero attached hydrogens (tertiary/aromatic N) is 3. The molecule has 0 spiro atoms. The summed E-state index contributed by atoms with van der Waals surface area (Å²) >= 11 is 0. The lowest BCUT2D eigenvalue weighted by molar-refractivity contribution is -0.730. The molecule has 0 unspecified atom stereocenters. The van der Waals surface area contributed by atoms with E-state index < -0.39 is 7.25 Å². The van der Waals surface area contributed by atoms with Crippen LogP contribution in [-0.2, 0) is 7.05 Å². The van der Waals surface area contributed by atoms with Gasteiger partial charge in [0.2, 0.25) is 5.82 Å². The molecular weight excluding hydrogens is 277 g/mol. The maximum absolute atomic E-state index is 9.75. The molecule has 1 heterocycles. The van der Waals surface area contributed by atoms with Gasteiger partial charge < -0.3 is 22.0 Å². The predicted octanol–water partition coefficient (Wildman–Crippen LogP) is 2.28. The molecule has 0 radical (unpaired) electrons. The number of aryl methyl sites for hydroxylation is 1. The van der Waals surface area contributed by atoms with E-state index in [1.807, 2.05) is 37.4 Å². The number of halogens is 4. The molecule has 0 atom stereocenters. The molecule has 0 N–H and O–H groups in total. The fourth-order valence-corrected chi connectivity index (χ4v) is 1.30. The second-order valence-corrected chi connectivity index (χ2v) is 3.64. The Morgan fingerprint density at radius 3 is 2.15 bits per heavy atom. The third-order valence-electron chi connectivity index (χ3n) is 2.01. The van der Waals surface area contributed by atoms with Crippen LogP contribution in [0.4, 0.5) is 17.3 Å². The Hall–Kier alpha value is -2.19. The zero-order valence-electron chi connectivity index (χ0n) is 10.8. The van der Waals surface area contributed by atoms with Gasteiger partial charge in [-0.05, 0) is 0 Å². The van der Waals surface area contributed by atoms with Crippen LogP contribution in [0.2, 0.25) is 0 Å². The van der Waals surface area contributed by atoms with Crippen molar-refractivity contribution in [2.45, 2.75) is 0 Å². The molecule has 0 aliphatic rings. The normalized spacial score (nSPS) is 10.5. The second-order valence-electron chi connectivity index (χ2n) is 3.64. The lowest BCUT2D eigenvalue weighted by Crippen LogP contribution is -2.33. The molecule has 2 rings (SSSR count). The van der Waals surface area contributed by atoms with Gasteiger partial charge in [0.1, 0.15) is 0 Å². The van der Waals surface area contributed by atoms with Gasteiger partial charge in [0.25, 0.3) is 12.1 Å². The topological polar surface area (TPSA) is 38.9 Å². The van der Waals surface area contributed by atoms with E-state index in [4.69, 9.17) is 4.74 Å². The number of rotatable bonds is 2. The summed E-state index contributed by atoms with van der Waals surface area (Å²) in [5.41, 5.74) is 0.979. The van der Waals surface area contributed by atoms with E-state index in [2.05, 4.69) is 10.1 Å². The largest absolute Gasteiger partial charge is 0.673 e. The van der Waals surface area contributed by atoms with E-state index in [1.54, 1.807) is 18.0 Å². The highest BCUT2D eigenvalue weighted by Gasteiger charge is 2.20. The van der Waals surface area contributed by atoms with E-state index in [1.165, 1.54) is 0 Å². The minimum atomic E-state index is -6.00. The Labute approximate surface area is 113 Å². The monoisotopic (exact) mass is 289 g/mol. The van der Waals surface area contributed by atoms with Gasteiger partial charge >= 0.3 is 7.25 Å². The van der Waals surface area contributed by atoms with Crippen molar-refractivity contribution in [2.24, 2.45) is 7.05 Å². The molecule has 0 saturated heterocycles. The van der Waals surface area contributed by atoms with E-state index in [-0.39, 0.29) is 0 Å². The summed E-state index contributed by atoms with van der Waals surface area (Å²) in [7, 11) is -2.56. The molecule has 0 aliphatic carbocycles. The lowest BCUT2D eigenvalue weighted by Gasteiger charge is -1.99. The standard InChI is InChI=1S/C11H12N3O.BF4/c1-14-8-10(15-2)12-11(13-14)9-6-4-3-5-7-9;2-1(3,4)5/h3-8H,1-2H3;/q+1;-1. The molecule has 0 saturated carbocycles. The van der Waals surface area contributed by atoms with Gasteiger partial charge in [-0.1, -0.05) is 35.0 Å². The van der Waals surface area contributed by atoms with Crippen molar-refractivity contribution in [3.8, 4) is 17.3 Å². The highest BCUT2D eigenvalue weighted by atomic mass is 19.5. The van der Waals surface area contributed by atoms with Crippen molar-refractivity contribution in [3.05, 3.63) is 36.5 Å². The van der Waals surface area contributed by atoms with Crippen molar-refractivity contribution in [3.63, 3.8) is 0 Å². The lowest BCUT2D eigenvalue weighted by atomic mass is 10.2. The van der Waals surface area contributed by atoms with Crippen molar-refractivity contribution < 1.29 is 26.7 Å². The van der Waals surface area contributed by atoms with Crippen molar-refractivity contribution in [1.29, 1.82) is 0 Å². The average molecular weight is 289 g/mol. The summed E-state index contributed by atoms with van der Waals surface area (Å²) in [6.07, 6.45) is 1.73. The van der Waals surface area contributed by atoms with E-state index >= 15 is 0 Å². The molecule has 2 aromatic rings. The zero-order chi connectivity index (χ0) is 15.2. The van der Waals surface area contributed by atoms with Crippen LogP contribution in [0.15, 0.2) is 36.5 Å². The summed E-state index contributed by atoms with van der Waals surface area (Å²) in [5, 5.41) is 4.28. The van der Waals surface area contributed by atoms with Gasteiger partial charge in [-0.15, -0.1) is 0 Å². The third kappa shape index (κ3) is 6.12. The SMILES string of the molecule is COc1c[n+](C)nc(-c2ccccc2)n1.F[B-](F)(F)F. The molecule has 1 aromatic heterocycles. The Kier molecular flexibility index (Phi) is 5.42. The Bertz CT molecular complexity index is 545. The number of hydrogen-bond donors (Lipinski definition) is 0. The van der Waals surface area contributed by atoms with E-state index in [0.29, 0.717) is 11.7 Å². The molecule has 4 nitrogen and oxygen atoms in total. The van der Waals surface area contributed by atoms with Crippen molar-refractivity contribution in [1.82, 2.24) is 10.1 Å². The first-order valence-corrected chi connectivity index (χ1v) is 5.51. The summed E-state index contributed by atoms with van der Waals surface area (Å²) in [6.45, 7) is 0. The summed E-state index contributed by atoms with van der Waals surface area (Å²) in [4.78, 5) is 4.27. The van der Waals surface area contributed by atoms with E-state index in [9.17, 15) is 17.3 Å². The average Bonchev–Trinajstić information content (AvgIpc) is 2.37. The minimum absolute atomic E-state index is 0.561. The molecule has 0 aliphatic heterocycles. The van der Waals surface area contributed by atoms with Crippen LogP contribution in [-0.4, -0.2) is 24.4 Å². The first-order valence-electron chi connectivity index (χ1n) is 5.51. The van der Waals surface area contributed by atoms with Crippen LogP contribution in [0, 0.1) is 0 Å². The highest BCUT2D eigenvalue weighted by molar-refractivity contribution is 6.50. The fourth-order valence-electron chi connectivity index (χ4n) is 1.30. The summed E-state index contributed by atoms with van der Waals surface area (Å²) in [5.74, 6) is 1.23. The molecule has 0 fully saturated rings. The van der Waals surface area contributed by atoms with Crippen LogP contribution in [0.25, 0.3) is 11.4 Å². The molecule has 20 heavy (non-hydrogen) atoms. The molecular formula is C11H12BF4N3O. The first kappa shape index (κ1) is 15.9. The Morgan fingerprint density at radius 1 is 1.10 bits per heavy atom. The van der Waals surface area contributed by atoms with Crippen molar-refractivity contribution in [2.75, 3.05) is 7.11 Å². The highest BCUT2D eigenvalue weighted by Crippen LogP contribution is 2.14. The van der Waals surface area contributed by atoms with Gasteiger partial charge in [-0.2, -0.15) is 4.98 Å². The van der Waals surface area contributed by atoms with Crippen LogP contribution in [0.3, 0.4) is 0 Å². The van der Waals surface area contributed by atoms with Gasteiger partial charge in [-0.3, -0.25) is 0 Å². The van der Waals surface area contributed by atoms with Crippen LogP contribution < -0.4 is 9.42 Å². The fraction of sp³-hybridized carbons (Fsp3) is 0.182. The van der Waals surface area contributed by atoms with Gasteiger partial charge in [0, 0.05) is 10.7 Å². The number of ether oxygens (including phenoxy) is 1. The number of benzene rings is 1. The maximum Gasteiger partial charge on any atom is 0.673 e. The summed E-state index contributed by atoms with van der Waals surface area (Å²) < 4.78 is 45.8. The van der Waals surface area contributed by atoms with Gasteiger partial charge in [0.15, 0.2) is 7.05 Å². The van der Waals surface area contributed by atoms with Crippen LogP contribution in [0.1, 0.15) is 0 Å². The third-order valence-corrected chi connectivity index (χ3v) is 2.01. The number of aromatic nitrogens is 3. The minimum Gasteiger partial charge on any atom is -0.477 e.